The number of hydrogen-bond donors (Lipinski definition) is 0. The van der Waals surface area contributed by atoms with Crippen molar-refractivity contribution < 1.29 is 18.7 Å². The number of esters is 1. The number of carbonyl (C=O) groups is 1. The molecule has 3 aromatic carbocycles. The topological polar surface area (TPSA) is 112 Å². The summed E-state index contributed by atoms with van der Waals surface area (Å²) in [4.78, 5) is 22.5. The number of halogens is 4. The highest BCUT2D eigenvalue weighted by Gasteiger charge is 2.62. The smallest absolute Gasteiger partial charge is 0.311 e. The van der Waals surface area contributed by atoms with E-state index in [2.05, 4.69) is 9.98 Å². The van der Waals surface area contributed by atoms with E-state index in [-0.39, 0.29) is 11.7 Å². The standard InChI is InChI=1S/C28H22Cl2FNO3.C10H11ClN4/c1-28(2)21(15-22(30)17-8-11-19(29)12-9-17)26(28)27(33)35-25(16-32)18-10-13-23(31)24(14-18)34-20-6-4-3-5-7-20;1-8(14-7-12)15(2)6-9-3-4-10(11)13-5-9/h3-15,21,25-26H,1-2H3;3-5H,6H2,1-2H3/b22-15-;. The Morgan fingerprint density at radius 1 is 1.08 bits per heavy atom. The summed E-state index contributed by atoms with van der Waals surface area (Å²) in [5, 5.41) is 19.7. The molecule has 0 radical (unpaired) electrons. The normalized spacial score (nSPS) is 16.8. The Hall–Kier alpha value is -4.93. The van der Waals surface area contributed by atoms with Gasteiger partial charge in [0, 0.05) is 35.4 Å². The molecule has 12 heteroatoms. The first-order valence-electron chi connectivity index (χ1n) is 15.3. The second kappa shape index (κ2) is 17.1. The van der Waals surface area contributed by atoms with Gasteiger partial charge >= 0.3 is 5.97 Å². The summed E-state index contributed by atoms with van der Waals surface area (Å²) in [6, 6.07) is 25.4. The lowest BCUT2D eigenvalue weighted by atomic mass is 10.1. The van der Waals surface area contributed by atoms with Crippen molar-refractivity contribution in [1.29, 1.82) is 10.5 Å². The monoisotopic (exact) mass is 731 g/mol. The highest BCUT2D eigenvalue weighted by molar-refractivity contribution is 6.48. The number of para-hydroxylation sites is 1. The van der Waals surface area contributed by atoms with Crippen LogP contribution >= 0.6 is 34.8 Å². The van der Waals surface area contributed by atoms with Crippen LogP contribution in [0.5, 0.6) is 11.5 Å². The number of amidine groups is 1. The van der Waals surface area contributed by atoms with Gasteiger partial charge in [-0.3, -0.25) is 4.79 Å². The molecule has 0 saturated heterocycles. The van der Waals surface area contributed by atoms with Crippen LogP contribution in [0.4, 0.5) is 4.39 Å². The van der Waals surface area contributed by atoms with E-state index in [9.17, 15) is 14.4 Å². The number of allylic oxidation sites excluding steroid dienone is 1. The lowest BCUT2D eigenvalue weighted by molar-refractivity contribution is -0.149. The molecule has 1 heterocycles. The molecule has 256 valence electrons. The maximum absolute atomic E-state index is 14.3. The summed E-state index contributed by atoms with van der Waals surface area (Å²) in [5.74, 6) is -0.687. The van der Waals surface area contributed by atoms with E-state index < -0.39 is 29.2 Å². The molecule has 1 saturated carbocycles. The number of aliphatic imine (C=N–C) groups is 1. The zero-order valence-corrected chi connectivity index (χ0v) is 29.9. The number of hydrogen-bond acceptors (Lipinski definition) is 7. The van der Waals surface area contributed by atoms with Crippen LogP contribution < -0.4 is 4.74 Å². The van der Waals surface area contributed by atoms with Gasteiger partial charge in [0.05, 0.1) is 5.92 Å². The summed E-state index contributed by atoms with van der Waals surface area (Å²) < 4.78 is 25.5. The molecule has 1 aromatic heterocycles. The predicted octanol–water partition coefficient (Wildman–Crippen LogP) is 10.00. The highest BCUT2D eigenvalue weighted by atomic mass is 35.5. The van der Waals surface area contributed by atoms with Crippen molar-refractivity contribution in [3.8, 4) is 23.8 Å². The van der Waals surface area contributed by atoms with E-state index in [1.165, 1.54) is 18.2 Å². The Morgan fingerprint density at radius 3 is 2.40 bits per heavy atom. The quantitative estimate of drug-likeness (QED) is 0.0554. The third-order valence-corrected chi connectivity index (χ3v) is 8.98. The zero-order valence-electron chi connectivity index (χ0n) is 27.6. The summed E-state index contributed by atoms with van der Waals surface area (Å²) in [6.45, 7) is 6.32. The number of carbonyl (C=O) groups excluding carboxylic acids is 1. The van der Waals surface area contributed by atoms with E-state index in [0.717, 1.165) is 11.1 Å². The number of nitriles is 2. The van der Waals surface area contributed by atoms with Crippen LogP contribution in [0.25, 0.3) is 5.03 Å². The third kappa shape index (κ3) is 10.1. The fraction of sp³-hybridized carbons (Fsp3) is 0.237. The zero-order chi connectivity index (χ0) is 36.4. The number of aromatic nitrogens is 1. The van der Waals surface area contributed by atoms with Gasteiger partial charge < -0.3 is 14.4 Å². The molecule has 0 amide bonds. The van der Waals surface area contributed by atoms with E-state index >= 15 is 0 Å². The lowest BCUT2D eigenvalue weighted by Crippen LogP contribution is -2.23. The molecule has 1 aliphatic rings. The molecule has 0 N–H and O–H groups in total. The summed E-state index contributed by atoms with van der Waals surface area (Å²) in [7, 11) is 1.87. The average Bonchev–Trinajstić information content (AvgIpc) is 3.65. The molecule has 3 unspecified atom stereocenters. The van der Waals surface area contributed by atoms with Gasteiger partial charge in [0.2, 0.25) is 12.3 Å². The van der Waals surface area contributed by atoms with Crippen LogP contribution in [0.3, 0.4) is 0 Å². The van der Waals surface area contributed by atoms with Crippen molar-refractivity contribution in [2.75, 3.05) is 7.05 Å². The molecule has 0 aliphatic heterocycles. The van der Waals surface area contributed by atoms with Gasteiger partial charge in [-0.25, -0.2) is 9.37 Å². The molecular weight excluding hydrogens is 700 g/mol. The van der Waals surface area contributed by atoms with Gasteiger partial charge in [0.25, 0.3) is 0 Å². The minimum atomic E-state index is -1.21. The van der Waals surface area contributed by atoms with Crippen LogP contribution in [-0.4, -0.2) is 28.7 Å². The molecule has 3 atom stereocenters. The first-order valence-corrected chi connectivity index (χ1v) is 16.5. The summed E-state index contributed by atoms with van der Waals surface area (Å²) in [5.41, 5.74) is 1.74. The Bertz CT molecular complexity index is 1940. The second-order valence-corrected chi connectivity index (χ2v) is 13.2. The Kier molecular flexibility index (Phi) is 13.0. The van der Waals surface area contributed by atoms with Crippen molar-refractivity contribution >= 4 is 51.6 Å². The number of rotatable bonds is 9. The molecule has 50 heavy (non-hydrogen) atoms. The maximum Gasteiger partial charge on any atom is 0.311 e. The Labute approximate surface area is 306 Å². The fourth-order valence-electron chi connectivity index (χ4n) is 5.08. The van der Waals surface area contributed by atoms with Crippen molar-refractivity contribution in [3.63, 3.8) is 0 Å². The molecule has 8 nitrogen and oxygen atoms in total. The fourth-order valence-corrected chi connectivity index (χ4v) is 5.58. The van der Waals surface area contributed by atoms with Gasteiger partial charge in [-0.15, -0.1) is 0 Å². The molecule has 0 bridgehead atoms. The molecule has 4 aromatic rings. The first-order chi connectivity index (χ1) is 23.8. The lowest BCUT2D eigenvalue weighted by Gasteiger charge is -2.17. The number of nitrogens with zero attached hydrogens (tertiary/aromatic N) is 5. The van der Waals surface area contributed by atoms with E-state index in [0.29, 0.717) is 38.9 Å². The van der Waals surface area contributed by atoms with Crippen molar-refractivity contribution in [3.05, 3.63) is 130 Å². The number of benzene rings is 3. The first kappa shape index (κ1) is 37.9. The van der Waals surface area contributed by atoms with Gasteiger partial charge in [0.15, 0.2) is 11.6 Å². The number of pyridine rings is 1. The Balaban J connectivity index is 0.000000314. The van der Waals surface area contributed by atoms with Gasteiger partial charge in [-0.2, -0.15) is 15.5 Å². The SMILES string of the molecule is CC(=NC#N)N(C)Cc1ccc(Cl)nc1.CC1(C)C(/C=C(\Cl)c2ccc(Cl)cc2)C1C(=O)OC(C#N)c1ccc(F)c(Oc2ccccc2)c1. The van der Waals surface area contributed by atoms with E-state index in [4.69, 9.17) is 49.5 Å². The minimum Gasteiger partial charge on any atom is -0.454 e. The van der Waals surface area contributed by atoms with Crippen molar-refractivity contribution in [2.24, 2.45) is 22.2 Å². The van der Waals surface area contributed by atoms with Crippen LogP contribution in [0.15, 0.2) is 102 Å². The second-order valence-electron chi connectivity index (χ2n) is 12.0. The van der Waals surface area contributed by atoms with E-state index in [1.807, 2.05) is 50.1 Å². The summed E-state index contributed by atoms with van der Waals surface area (Å²) in [6.07, 6.45) is 4.08. The van der Waals surface area contributed by atoms with Gasteiger partial charge in [0.1, 0.15) is 22.8 Å². The summed E-state index contributed by atoms with van der Waals surface area (Å²) >= 11 is 18.1. The minimum absolute atomic E-state index is 0.0627. The maximum atomic E-state index is 14.3. The van der Waals surface area contributed by atoms with Crippen molar-refractivity contribution in [2.45, 2.75) is 33.4 Å². The largest absolute Gasteiger partial charge is 0.454 e. The van der Waals surface area contributed by atoms with E-state index in [1.54, 1.807) is 73.9 Å². The van der Waals surface area contributed by atoms with Crippen molar-refractivity contribution in [1.82, 2.24) is 9.88 Å². The van der Waals surface area contributed by atoms with Crippen LogP contribution in [0, 0.1) is 45.9 Å². The Morgan fingerprint density at radius 2 is 1.78 bits per heavy atom. The average molecular weight is 733 g/mol. The molecule has 1 aliphatic carbocycles. The number of ether oxygens (including phenoxy) is 2. The van der Waals surface area contributed by atoms with Gasteiger partial charge in [-0.05, 0) is 71.8 Å². The van der Waals surface area contributed by atoms with Crippen LogP contribution in [0.2, 0.25) is 10.2 Å². The van der Waals surface area contributed by atoms with Crippen LogP contribution in [-0.2, 0) is 16.1 Å². The molecule has 1 fully saturated rings. The molecule has 5 rings (SSSR count). The molecular formula is C38H33Cl3FN5O3. The van der Waals surface area contributed by atoms with Crippen LogP contribution in [0.1, 0.15) is 43.6 Å². The molecule has 0 spiro atoms. The highest BCUT2D eigenvalue weighted by Crippen LogP contribution is 2.60. The van der Waals surface area contributed by atoms with Gasteiger partial charge in [-0.1, -0.05) is 97.2 Å². The third-order valence-electron chi connectivity index (χ3n) is 8.16. The predicted molar refractivity (Wildman–Crippen MR) is 193 cm³/mol.